The Bertz CT molecular complexity index is 1200. The zero-order valence-electron chi connectivity index (χ0n) is 22.9. The molecule has 2 aromatic rings. The number of alkyl carbamates (subject to hydrolysis) is 1. The fourth-order valence-electron chi connectivity index (χ4n) is 4.55. The standard InChI is InChI=1S/C28H32F6N2O5/c1-17(18-12-20(27(29,30)31)14-21(13-18)28(32,33)34)40-16-26(19-8-6-5-7-9-19)11-10-25(15-35-26,22(37)38)36-23(39)41-24(2,3)4/h5-9,12-14,17,35H,10-11,15-16H2,1-4H3,(H,36,39)(H,37,38)/t17-,25+,26-/m1/s1. The molecule has 1 fully saturated rings. The van der Waals surface area contributed by atoms with Crippen LogP contribution >= 0.6 is 0 Å². The minimum absolute atomic E-state index is 0.0491. The molecule has 0 aliphatic carbocycles. The summed E-state index contributed by atoms with van der Waals surface area (Å²) in [7, 11) is 0. The third kappa shape index (κ3) is 7.91. The Morgan fingerprint density at radius 1 is 0.976 bits per heavy atom. The summed E-state index contributed by atoms with van der Waals surface area (Å²) in [4.78, 5) is 24.7. The van der Waals surface area contributed by atoms with Crippen LogP contribution in [0.3, 0.4) is 0 Å². The molecule has 1 aliphatic rings. The maximum absolute atomic E-state index is 13.4. The van der Waals surface area contributed by atoms with Crippen molar-refractivity contribution >= 4 is 12.1 Å². The van der Waals surface area contributed by atoms with Crippen molar-refractivity contribution in [2.24, 2.45) is 0 Å². The Morgan fingerprint density at radius 2 is 1.54 bits per heavy atom. The number of ether oxygens (including phenoxy) is 2. The number of aliphatic carboxylic acids is 1. The van der Waals surface area contributed by atoms with Gasteiger partial charge in [0.1, 0.15) is 5.60 Å². The summed E-state index contributed by atoms with van der Waals surface area (Å²) in [6.45, 7) is 5.72. The van der Waals surface area contributed by atoms with E-state index in [1.807, 2.05) is 0 Å². The van der Waals surface area contributed by atoms with Crippen molar-refractivity contribution in [3.05, 3.63) is 70.8 Å². The molecular formula is C28H32F6N2O5. The highest BCUT2D eigenvalue weighted by atomic mass is 19.4. The molecule has 1 aliphatic heterocycles. The molecule has 3 rings (SSSR count). The number of halogens is 6. The van der Waals surface area contributed by atoms with Gasteiger partial charge < -0.3 is 25.2 Å². The molecular weight excluding hydrogens is 558 g/mol. The molecule has 0 saturated carbocycles. The van der Waals surface area contributed by atoms with E-state index in [1.54, 1.807) is 51.1 Å². The Hall–Kier alpha value is -3.32. The lowest BCUT2D eigenvalue weighted by molar-refractivity contribution is -0.147. The monoisotopic (exact) mass is 590 g/mol. The van der Waals surface area contributed by atoms with Crippen molar-refractivity contribution in [3.63, 3.8) is 0 Å². The van der Waals surface area contributed by atoms with Crippen LogP contribution in [0.4, 0.5) is 31.1 Å². The fourth-order valence-corrected chi connectivity index (χ4v) is 4.55. The van der Waals surface area contributed by atoms with E-state index < -0.39 is 58.3 Å². The number of nitrogens with one attached hydrogen (secondary N) is 2. The molecule has 0 bridgehead atoms. The molecule has 3 atom stereocenters. The zero-order chi connectivity index (χ0) is 30.9. The summed E-state index contributed by atoms with van der Waals surface area (Å²) in [6, 6.07) is 9.95. The van der Waals surface area contributed by atoms with Gasteiger partial charge in [-0.05, 0) is 69.9 Å². The lowest BCUT2D eigenvalue weighted by Crippen LogP contribution is -2.67. The van der Waals surface area contributed by atoms with Crippen molar-refractivity contribution in [3.8, 4) is 0 Å². The maximum Gasteiger partial charge on any atom is 0.416 e. The smallest absolute Gasteiger partial charge is 0.416 e. The van der Waals surface area contributed by atoms with Gasteiger partial charge in [-0.3, -0.25) is 0 Å². The van der Waals surface area contributed by atoms with Gasteiger partial charge in [0.25, 0.3) is 0 Å². The molecule has 3 N–H and O–H groups in total. The van der Waals surface area contributed by atoms with Crippen LogP contribution in [0, 0.1) is 0 Å². The number of carboxylic acids is 1. The van der Waals surface area contributed by atoms with E-state index in [-0.39, 0.29) is 37.6 Å². The molecule has 1 saturated heterocycles. The number of rotatable bonds is 7. The highest BCUT2D eigenvalue weighted by Gasteiger charge is 2.50. The Morgan fingerprint density at radius 3 is 1.98 bits per heavy atom. The van der Waals surface area contributed by atoms with Crippen LogP contribution < -0.4 is 10.6 Å². The highest BCUT2D eigenvalue weighted by Crippen LogP contribution is 2.40. The average Bonchev–Trinajstić information content (AvgIpc) is 2.86. The first kappa shape index (κ1) is 32.2. The van der Waals surface area contributed by atoms with Gasteiger partial charge in [0.2, 0.25) is 0 Å². The predicted octanol–water partition coefficient (Wildman–Crippen LogP) is 6.43. The topological polar surface area (TPSA) is 96.9 Å². The second-order valence-electron chi connectivity index (χ2n) is 11.1. The quantitative estimate of drug-likeness (QED) is 0.322. The molecule has 1 amide bonds. The van der Waals surface area contributed by atoms with Crippen LogP contribution in [0.5, 0.6) is 0 Å². The van der Waals surface area contributed by atoms with Gasteiger partial charge in [0, 0.05) is 6.54 Å². The summed E-state index contributed by atoms with van der Waals surface area (Å²) >= 11 is 0. The Kier molecular flexibility index (Phi) is 9.04. The second kappa shape index (κ2) is 11.5. The van der Waals surface area contributed by atoms with Gasteiger partial charge in [-0.15, -0.1) is 0 Å². The SMILES string of the molecule is C[C@@H](OC[C@@]1(c2ccccc2)CC[C@@](NC(=O)OC(C)(C)C)(C(=O)O)CN1)c1cc(C(F)(F)F)cc(C(F)(F)F)c1. The van der Waals surface area contributed by atoms with Crippen LogP contribution in [-0.2, 0) is 32.2 Å². The predicted molar refractivity (Wildman–Crippen MR) is 136 cm³/mol. The zero-order valence-corrected chi connectivity index (χ0v) is 22.9. The average molecular weight is 591 g/mol. The van der Waals surface area contributed by atoms with E-state index in [9.17, 15) is 41.0 Å². The van der Waals surface area contributed by atoms with Crippen molar-refractivity contribution < 1.29 is 50.5 Å². The van der Waals surface area contributed by atoms with Crippen LogP contribution in [0.25, 0.3) is 0 Å². The molecule has 13 heteroatoms. The molecule has 1 heterocycles. The van der Waals surface area contributed by atoms with E-state index in [0.29, 0.717) is 17.7 Å². The number of alkyl halides is 6. The van der Waals surface area contributed by atoms with Gasteiger partial charge in [-0.2, -0.15) is 26.3 Å². The molecule has 41 heavy (non-hydrogen) atoms. The van der Waals surface area contributed by atoms with E-state index in [2.05, 4.69) is 10.6 Å². The molecule has 226 valence electrons. The number of benzene rings is 2. The summed E-state index contributed by atoms with van der Waals surface area (Å²) in [6.07, 6.45) is -12.1. The van der Waals surface area contributed by atoms with Crippen LogP contribution in [0.1, 0.15) is 68.9 Å². The van der Waals surface area contributed by atoms with Crippen molar-refractivity contribution in [2.45, 2.75) is 75.7 Å². The lowest BCUT2D eigenvalue weighted by atomic mass is 9.76. The molecule has 0 radical (unpaired) electrons. The first-order valence-electron chi connectivity index (χ1n) is 12.7. The third-order valence-electron chi connectivity index (χ3n) is 6.84. The summed E-state index contributed by atoms with van der Waals surface area (Å²) in [5, 5.41) is 15.6. The number of carbonyl (C=O) groups is 2. The summed E-state index contributed by atoms with van der Waals surface area (Å²) in [5.41, 5.74) is -6.26. The van der Waals surface area contributed by atoms with E-state index in [0.717, 1.165) is 0 Å². The fraction of sp³-hybridized carbons (Fsp3) is 0.500. The molecule has 2 aromatic carbocycles. The van der Waals surface area contributed by atoms with Gasteiger partial charge in [0.05, 0.1) is 29.4 Å². The number of hydrogen-bond donors (Lipinski definition) is 3. The number of carbonyl (C=O) groups excluding carboxylic acids is 1. The Labute approximate surface area is 233 Å². The summed E-state index contributed by atoms with van der Waals surface area (Å²) < 4.78 is 91.3. The van der Waals surface area contributed by atoms with Crippen molar-refractivity contribution in [1.29, 1.82) is 0 Å². The summed E-state index contributed by atoms with van der Waals surface area (Å²) in [5.74, 6) is -1.31. The van der Waals surface area contributed by atoms with Crippen LogP contribution in [0.15, 0.2) is 48.5 Å². The van der Waals surface area contributed by atoms with Gasteiger partial charge >= 0.3 is 24.4 Å². The van der Waals surface area contributed by atoms with Gasteiger partial charge in [-0.1, -0.05) is 30.3 Å². The first-order valence-corrected chi connectivity index (χ1v) is 12.7. The number of piperidine rings is 1. The molecule has 0 aromatic heterocycles. The molecule has 7 nitrogen and oxygen atoms in total. The Balaban J connectivity index is 1.88. The van der Waals surface area contributed by atoms with Gasteiger partial charge in [-0.25, -0.2) is 9.59 Å². The minimum Gasteiger partial charge on any atom is -0.479 e. The number of hydrogen-bond acceptors (Lipinski definition) is 5. The van der Waals surface area contributed by atoms with E-state index in [1.165, 1.54) is 6.92 Å². The van der Waals surface area contributed by atoms with Crippen LogP contribution in [-0.4, -0.2) is 41.5 Å². The third-order valence-corrected chi connectivity index (χ3v) is 6.84. The van der Waals surface area contributed by atoms with Crippen LogP contribution in [0.2, 0.25) is 0 Å². The number of carboxylic acid groups (broad SMARTS) is 1. The lowest BCUT2D eigenvalue weighted by Gasteiger charge is -2.46. The molecule has 0 spiro atoms. The number of amides is 1. The van der Waals surface area contributed by atoms with Gasteiger partial charge in [0.15, 0.2) is 5.54 Å². The van der Waals surface area contributed by atoms with Crippen molar-refractivity contribution in [2.75, 3.05) is 13.2 Å². The maximum atomic E-state index is 13.4. The van der Waals surface area contributed by atoms with Crippen molar-refractivity contribution in [1.82, 2.24) is 10.6 Å². The first-order chi connectivity index (χ1) is 18.8. The van der Waals surface area contributed by atoms with E-state index >= 15 is 0 Å². The normalized spacial score (nSPS) is 22.6. The molecule has 0 unspecified atom stereocenters. The van der Waals surface area contributed by atoms with E-state index in [4.69, 9.17) is 9.47 Å². The highest BCUT2D eigenvalue weighted by molar-refractivity contribution is 5.85. The second-order valence-corrected chi connectivity index (χ2v) is 11.1. The minimum atomic E-state index is -5.01. The largest absolute Gasteiger partial charge is 0.479 e.